The van der Waals surface area contributed by atoms with Gasteiger partial charge in [-0.25, -0.2) is 19.9 Å². The van der Waals surface area contributed by atoms with Crippen molar-refractivity contribution in [3.63, 3.8) is 0 Å². The van der Waals surface area contributed by atoms with Gasteiger partial charge in [-0.2, -0.15) is 0 Å². The molecule has 0 aliphatic carbocycles. The Morgan fingerprint density at radius 1 is 0.413 bits per heavy atom. The molecule has 46 heavy (non-hydrogen) atoms. The summed E-state index contributed by atoms with van der Waals surface area (Å²) < 4.78 is 12.7. The molecule has 8 heteroatoms. The number of benzene rings is 4. The quantitative estimate of drug-likeness (QED) is 0.158. The van der Waals surface area contributed by atoms with Gasteiger partial charge in [-0.05, 0) is 11.1 Å². The molecule has 222 valence electrons. The summed E-state index contributed by atoms with van der Waals surface area (Å²) in [6, 6.07) is 40.6. The van der Waals surface area contributed by atoms with E-state index < -0.39 is 0 Å². The summed E-state index contributed by atoms with van der Waals surface area (Å²) in [6.45, 7) is 1.11. The zero-order valence-corrected chi connectivity index (χ0v) is 24.7. The maximum atomic E-state index is 6.36. The van der Waals surface area contributed by atoms with Crippen molar-refractivity contribution >= 4 is 33.8 Å². The summed E-state index contributed by atoms with van der Waals surface area (Å²) in [5.74, 6) is 2.91. The van der Waals surface area contributed by atoms with E-state index in [4.69, 9.17) is 8.83 Å². The largest absolute Gasteiger partial charge is 0.437 e. The Hall–Kier alpha value is -6.28. The summed E-state index contributed by atoms with van der Waals surface area (Å²) in [6.07, 6.45) is 3.06. The third-order valence-electron chi connectivity index (χ3n) is 7.88. The molecule has 0 unspecified atom stereocenters. The Bertz CT molecular complexity index is 2090. The zero-order chi connectivity index (χ0) is 30.7. The molecule has 8 rings (SSSR count). The van der Waals surface area contributed by atoms with E-state index in [1.165, 1.54) is 12.7 Å². The van der Waals surface area contributed by atoms with E-state index in [2.05, 4.69) is 54.8 Å². The van der Waals surface area contributed by atoms with E-state index >= 15 is 0 Å². The van der Waals surface area contributed by atoms with Crippen LogP contribution in [0.15, 0.2) is 143 Å². The molecule has 0 aliphatic heterocycles. The number of aromatic nitrogens is 4. The van der Waals surface area contributed by atoms with Crippen LogP contribution in [-0.4, -0.2) is 33.0 Å². The molecule has 4 aromatic heterocycles. The fraction of sp³-hybridized carbons (Fsp3) is 0.0526. The van der Waals surface area contributed by atoms with Crippen molar-refractivity contribution in [3.8, 4) is 44.9 Å². The lowest BCUT2D eigenvalue weighted by molar-refractivity contribution is 0.618. The van der Waals surface area contributed by atoms with Crippen LogP contribution in [0, 0.1) is 0 Å². The predicted octanol–water partition coefficient (Wildman–Crippen LogP) is 8.95. The number of nitrogens with zero attached hydrogens (tertiary/aromatic N) is 4. The third kappa shape index (κ3) is 5.01. The van der Waals surface area contributed by atoms with E-state index in [0.29, 0.717) is 36.2 Å². The van der Waals surface area contributed by atoms with E-state index in [1.54, 1.807) is 0 Å². The van der Waals surface area contributed by atoms with Gasteiger partial charge in [-0.1, -0.05) is 121 Å². The minimum absolute atomic E-state index is 0.528. The predicted molar refractivity (Wildman–Crippen MR) is 182 cm³/mol. The van der Waals surface area contributed by atoms with Gasteiger partial charge in [0.15, 0.2) is 0 Å². The molecule has 2 N–H and O–H groups in total. The van der Waals surface area contributed by atoms with E-state index in [1.807, 2.05) is 97.1 Å². The lowest BCUT2D eigenvalue weighted by Crippen LogP contribution is -2.15. The van der Waals surface area contributed by atoms with Gasteiger partial charge in [0.1, 0.15) is 35.8 Å². The van der Waals surface area contributed by atoms with Gasteiger partial charge in [0.2, 0.25) is 11.4 Å². The van der Waals surface area contributed by atoms with E-state index in [9.17, 15) is 0 Å². The van der Waals surface area contributed by atoms with Crippen molar-refractivity contribution in [2.45, 2.75) is 0 Å². The second kappa shape index (κ2) is 12.0. The molecule has 8 aromatic rings. The average Bonchev–Trinajstić information content (AvgIpc) is 3.72. The van der Waals surface area contributed by atoms with Gasteiger partial charge < -0.3 is 19.5 Å². The molecular formula is C38H28N6O2. The van der Waals surface area contributed by atoms with Crippen LogP contribution in [0.4, 0.5) is 11.6 Å². The Morgan fingerprint density at radius 2 is 0.761 bits per heavy atom. The van der Waals surface area contributed by atoms with Crippen molar-refractivity contribution in [1.82, 2.24) is 19.9 Å². The van der Waals surface area contributed by atoms with Gasteiger partial charge in [-0.3, -0.25) is 0 Å². The van der Waals surface area contributed by atoms with Crippen molar-refractivity contribution in [3.05, 3.63) is 134 Å². The first-order valence-corrected chi connectivity index (χ1v) is 15.1. The summed E-state index contributed by atoms with van der Waals surface area (Å²) in [5.41, 5.74) is 6.97. The van der Waals surface area contributed by atoms with Gasteiger partial charge >= 0.3 is 0 Å². The monoisotopic (exact) mass is 600 g/mol. The zero-order valence-electron chi connectivity index (χ0n) is 24.7. The number of hydrogen-bond donors (Lipinski definition) is 2. The number of nitrogens with one attached hydrogen (secondary N) is 2. The Balaban J connectivity index is 1.12. The Labute approximate surface area is 264 Å². The molecule has 0 fully saturated rings. The minimum atomic E-state index is 0.528. The van der Waals surface area contributed by atoms with Crippen molar-refractivity contribution in [2.75, 3.05) is 23.7 Å². The summed E-state index contributed by atoms with van der Waals surface area (Å²) in [7, 11) is 0. The normalized spacial score (nSPS) is 11.2. The molecule has 0 spiro atoms. The van der Waals surface area contributed by atoms with Gasteiger partial charge in [0.05, 0.1) is 10.8 Å². The molecule has 0 amide bonds. The number of rotatable bonds is 9. The van der Waals surface area contributed by atoms with Crippen LogP contribution in [0.5, 0.6) is 0 Å². The fourth-order valence-electron chi connectivity index (χ4n) is 5.84. The Morgan fingerprint density at radius 3 is 1.13 bits per heavy atom. The van der Waals surface area contributed by atoms with Crippen LogP contribution in [0.1, 0.15) is 0 Å². The lowest BCUT2D eigenvalue weighted by Gasteiger charge is -2.11. The molecule has 4 heterocycles. The lowest BCUT2D eigenvalue weighted by atomic mass is 9.99. The highest BCUT2D eigenvalue weighted by molar-refractivity contribution is 6.07. The summed E-state index contributed by atoms with van der Waals surface area (Å²) >= 11 is 0. The summed E-state index contributed by atoms with van der Waals surface area (Å²) in [5, 5.41) is 8.71. The smallest absolute Gasteiger partial charge is 0.232 e. The maximum Gasteiger partial charge on any atom is 0.232 e. The van der Waals surface area contributed by atoms with Crippen LogP contribution in [-0.2, 0) is 0 Å². The minimum Gasteiger partial charge on any atom is -0.437 e. The highest BCUT2D eigenvalue weighted by Gasteiger charge is 2.23. The second-order valence-electron chi connectivity index (χ2n) is 10.7. The molecule has 4 aromatic carbocycles. The number of anilines is 2. The molecule has 0 radical (unpaired) electrons. The highest BCUT2D eigenvalue weighted by atomic mass is 16.3. The first kappa shape index (κ1) is 27.3. The number of hydrogen-bond acceptors (Lipinski definition) is 8. The van der Waals surface area contributed by atoms with Crippen LogP contribution in [0.25, 0.3) is 67.1 Å². The first-order valence-electron chi connectivity index (χ1n) is 15.1. The van der Waals surface area contributed by atoms with Crippen LogP contribution in [0.2, 0.25) is 0 Å². The van der Waals surface area contributed by atoms with Crippen LogP contribution < -0.4 is 10.6 Å². The van der Waals surface area contributed by atoms with Crippen LogP contribution >= 0.6 is 0 Å². The number of fused-ring (bicyclic) bond motifs is 2. The molecule has 0 atom stereocenters. The SMILES string of the molecule is c1ccc(-c2oc3ncnc(NCCNc4ncnc5oc(-c6ccccc6)c(-c6ccccc6)c45)c3c2-c2ccccc2)cc1. The van der Waals surface area contributed by atoms with E-state index in [-0.39, 0.29) is 0 Å². The van der Waals surface area contributed by atoms with Gasteiger partial charge in [0.25, 0.3) is 0 Å². The van der Waals surface area contributed by atoms with Gasteiger partial charge in [-0.15, -0.1) is 0 Å². The molecule has 0 aliphatic rings. The van der Waals surface area contributed by atoms with Crippen LogP contribution in [0.3, 0.4) is 0 Å². The molecule has 0 saturated carbocycles. The Kier molecular flexibility index (Phi) is 7.12. The molecular weight excluding hydrogens is 572 g/mol. The van der Waals surface area contributed by atoms with E-state index in [0.717, 1.165) is 55.7 Å². The van der Waals surface area contributed by atoms with Crippen molar-refractivity contribution in [1.29, 1.82) is 0 Å². The highest BCUT2D eigenvalue weighted by Crippen LogP contribution is 2.43. The average molecular weight is 601 g/mol. The first-order chi connectivity index (χ1) is 22.8. The molecule has 0 saturated heterocycles. The molecule has 8 nitrogen and oxygen atoms in total. The van der Waals surface area contributed by atoms with Gasteiger partial charge in [0, 0.05) is 35.3 Å². The number of furan rings is 2. The standard InChI is InChI=1S/C38H28N6O2/c1-5-13-25(14-6-1)29-31-35(41-23-43-37(31)45-33(29)27-17-9-3-10-18-27)39-21-22-40-36-32-30(26-15-7-2-8-16-26)34(28-19-11-4-12-20-28)46-38(32)44-24-42-36/h1-20,23-24H,21-22H2,(H,39,41,43)(H,40,42,44). The second-order valence-corrected chi connectivity index (χ2v) is 10.7. The molecule has 0 bridgehead atoms. The van der Waals surface area contributed by atoms with Crippen molar-refractivity contribution < 1.29 is 8.83 Å². The third-order valence-corrected chi connectivity index (χ3v) is 7.88. The summed E-state index contributed by atoms with van der Waals surface area (Å²) in [4.78, 5) is 18.2. The maximum absolute atomic E-state index is 6.36. The topological polar surface area (TPSA) is 102 Å². The fourth-order valence-corrected chi connectivity index (χ4v) is 5.84. The van der Waals surface area contributed by atoms with Crippen molar-refractivity contribution in [2.24, 2.45) is 0 Å².